The Kier molecular flexibility index (Phi) is 5.58. The maximum absolute atomic E-state index is 13.4. The van der Waals surface area contributed by atoms with Gasteiger partial charge in [0.2, 0.25) is 0 Å². The van der Waals surface area contributed by atoms with Crippen LogP contribution in [0.5, 0.6) is 0 Å². The van der Waals surface area contributed by atoms with Gasteiger partial charge in [0.25, 0.3) is 0 Å². The van der Waals surface area contributed by atoms with Crippen LogP contribution in [-0.4, -0.2) is 18.8 Å². The Morgan fingerprint density at radius 2 is 2.37 bits per heavy atom. The third-order valence-electron chi connectivity index (χ3n) is 3.59. The molecule has 0 amide bonds. The van der Waals surface area contributed by atoms with Crippen LogP contribution in [0.2, 0.25) is 5.02 Å². The van der Waals surface area contributed by atoms with E-state index >= 15 is 0 Å². The molecular formula is C14H20ClFN2O. The maximum atomic E-state index is 13.4. The number of nitrogens with one attached hydrogen (secondary N) is 1. The standard InChI is InChI=1S/C14H20ClFN2O/c15-14-10(3-1-5-13(14)16)9-11(18-17)6-7-12-4-2-8-19-12/h1,3,5,11-12,18H,2,4,6-9,17H2. The molecule has 2 unspecified atom stereocenters. The van der Waals surface area contributed by atoms with Crippen molar-refractivity contribution in [2.75, 3.05) is 6.61 Å². The first kappa shape index (κ1) is 14.7. The van der Waals surface area contributed by atoms with Gasteiger partial charge in [-0.15, -0.1) is 0 Å². The van der Waals surface area contributed by atoms with Gasteiger partial charge in [-0.3, -0.25) is 11.3 Å². The van der Waals surface area contributed by atoms with E-state index in [0.29, 0.717) is 12.5 Å². The van der Waals surface area contributed by atoms with E-state index in [4.69, 9.17) is 22.2 Å². The van der Waals surface area contributed by atoms with Crippen molar-refractivity contribution >= 4 is 11.6 Å². The molecule has 106 valence electrons. The van der Waals surface area contributed by atoms with E-state index in [0.717, 1.165) is 37.9 Å². The van der Waals surface area contributed by atoms with E-state index in [1.54, 1.807) is 6.07 Å². The van der Waals surface area contributed by atoms with Crippen molar-refractivity contribution in [3.05, 3.63) is 34.6 Å². The molecule has 3 N–H and O–H groups in total. The molecule has 19 heavy (non-hydrogen) atoms. The molecule has 1 aromatic carbocycles. The Morgan fingerprint density at radius 1 is 1.53 bits per heavy atom. The van der Waals surface area contributed by atoms with Crippen LogP contribution >= 0.6 is 11.6 Å². The minimum atomic E-state index is -0.380. The average Bonchev–Trinajstić information content (AvgIpc) is 2.92. The van der Waals surface area contributed by atoms with Gasteiger partial charge in [-0.1, -0.05) is 23.7 Å². The van der Waals surface area contributed by atoms with Crippen molar-refractivity contribution in [1.82, 2.24) is 5.43 Å². The van der Waals surface area contributed by atoms with E-state index in [2.05, 4.69) is 5.43 Å². The van der Waals surface area contributed by atoms with Crippen molar-refractivity contribution < 1.29 is 9.13 Å². The Labute approximate surface area is 118 Å². The molecule has 0 bridgehead atoms. The summed E-state index contributed by atoms with van der Waals surface area (Å²) in [4.78, 5) is 0. The van der Waals surface area contributed by atoms with E-state index < -0.39 is 0 Å². The van der Waals surface area contributed by atoms with Gasteiger partial charge in [0.15, 0.2) is 0 Å². The zero-order valence-electron chi connectivity index (χ0n) is 10.9. The molecule has 1 saturated heterocycles. The van der Waals surface area contributed by atoms with Crippen LogP contribution in [0.4, 0.5) is 4.39 Å². The molecule has 0 radical (unpaired) electrons. The van der Waals surface area contributed by atoms with Crippen LogP contribution in [0.1, 0.15) is 31.2 Å². The SMILES string of the molecule is NNC(CCC1CCCO1)Cc1cccc(F)c1Cl. The van der Waals surface area contributed by atoms with Crippen LogP contribution in [0.15, 0.2) is 18.2 Å². The second-order valence-electron chi connectivity index (χ2n) is 4.99. The van der Waals surface area contributed by atoms with Crippen LogP contribution in [0.3, 0.4) is 0 Å². The lowest BCUT2D eigenvalue weighted by molar-refractivity contribution is 0.0996. The minimum Gasteiger partial charge on any atom is -0.378 e. The summed E-state index contributed by atoms with van der Waals surface area (Å²) in [6, 6.07) is 4.96. The van der Waals surface area contributed by atoms with Gasteiger partial charge < -0.3 is 4.74 Å². The zero-order valence-corrected chi connectivity index (χ0v) is 11.6. The Bertz CT molecular complexity index is 410. The third kappa shape index (κ3) is 4.14. The van der Waals surface area contributed by atoms with Gasteiger partial charge in [-0.25, -0.2) is 4.39 Å². The molecular weight excluding hydrogens is 267 g/mol. The number of rotatable bonds is 6. The summed E-state index contributed by atoms with van der Waals surface area (Å²) >= 11 is 5.95. The number of nitrogens with two attached hydrogens (primary N) is 1. The van der Waals surface area contributed by atoms with E-state index in [-0.39, 0.29) is 16.9 Å². The number of benzene rings is 1. The number of ether oxygens (including phenoxy) is 1. The van der Waals surface area contributed by atoms with E-state index in [1.807, 2.05) is 6.07 Å². The highest BCUT2D eigenvalue weighted by Crippen LogP contribution is 2.23. The number of hydrogen-bond acceptors (Lipinski definition) is 3. The zero-order chi connectivity index (χ0) is 13.7. The fourth-order valence-corrected chi connectivity index (χ4v) is 2.68. The summed E-state index contributed by atoms with van der Waals surface area (Å²) in [5.41, 5.74) is 3.57. The van der Waals surface area contributed by atoms with E-state index in [9.17, 15) is 4.39 Å². The van der Waals surface area contributed by atoms with Gasteiger partial charge in [-0.05, 0) is 43.7 Å². The lowest BCUT2D eigenvalue weighted by Crippen LogP contribution is -2.37. The number of hydrogen-bond donors (Lipinski definition) is 2. The summed E-state index contributed by atoms with van der Waals surface area (Å²) in [6.45, 7) is 0.862. The molecule has 2 rings (SSSR count). The maximum Gasteiger partial charge on any atom is 0.142 e. The minimum absolute atomic E-state index is 0.0866. The van der Waals surface area contributed by atoms with Gasteiger partial charge in [0.05, 0.1) is 11.1 Å². The van der Waals surface area contributed by atoms with Crippen LogP contribution < -0.4 is 11.3 Å². The van der Waals surface area contributed by atoms with Gasteiger partial charge in [-0.2, -0.15) is 0 Å². The van der Waals surface area contributed by atoms with Crippen LogP contribution in [-0.2, 0) is 11.2 Å². The lowest BCUT2D eigenvalue weighted by Gasteiger charge is -2.18. The topological polar surface area (TPSA) is 47.3 Å². The highest BCUT2D eigenvalue weighted by molar-refractivity contribution is 6.31. The average molecular weight is 287 g/mol. The van der Waals surface area contributed by atoms with Gasteiger partial charge >= 0.3 is 0 Å². The summed E-state index contributed by atoms with van der Waals surface area (Å²) in [6.07, 6.45) is 5.10. The molecule has 5 heteroatoms. The predicted molar refractivity (Wildman–Crippen MR) is 74.4 cm³/mol. The molecule has 0 aromatic heterocycles. The molecule has 2 atom stereocenters. The number of halogens is 2. The molecule has 1 aliphatic heterocycles. The monoisotopic (exact) mass is 286 g/mol. The van der Waals surface area contributed by atoms with Gasteiger partial charge in [0.1, 0.15) is 5.82 Å². The summed E-state index contributed by atoms with van der Waals surface area (Å²) in [7, 11) is 0. The second kappa shape index (κ2) is 7.20. The first-order valence-electron chi connectivity index (χ1n) is 6.71. The molecule has 1 aromatic rings. The first-order valence-corrected chi connectivity index (χ1v) is 7.09. The molecule has 1 fully saturated rings. The molecule has 1 heterocycles. The largest absolute Gasteiger partial charge is 0.378 e. The quantitative estimate of drug-likeness (QED) is 0.624. The summed E-state index contributed by atoms with van der Waals surface area (Å²) in [5.74, 6) is 5.19. The Balaban J connectivity index is 1.88. The predicted octanol–water partition coefficient (Wildman–Crippen LogP) is 2.81. The van der Waals surface area contributed by atoms with E-state index in [1.165, 1.54) is 6.07 Å². The van der Waals surface area contributed by atoms with Crippen molar-refractivity contribution in [1.29, 1.82) is 0 Å². The smallest absolute Gasteiger partial charge is 0.142 e. The van der Waals surface area contributed by atoms with Crippen molar-refractivity contribution in [3.8, 4) is 0 Å². The van der Waals surface area contributed by atoms with Crippen LogP contribution in [0, 0.1) is 5.82 Å². The highest BCUT2D eigenvalue weighted by atomic mass is 35.5. The summed E-state index contributed by atoms with van der Waals surface area (Å²) in [5, 5.41) is 0.194. The van der Waals surface area contributed by atoms with Gasteiger partial charge in [0, 0.05) is 12.6 Å². The molecule has 0 saturated carbocycles. The van der Waals surface area contributed by atoms with Crippen molar-refractivity contribution in [2.24, 2.45) is 5.84 Å². The number of hydrazine groups is 1. The first-order chi connectivity index (χ1) is 9.20. The highest BCUT2D eigenvalue weighted by Gasteiger charge is 2.18. The normalized spacial score (nSPS) is 20.7. The molecule has 0 aliphatic carbocycles. The molecule has 0 spiro atoms. The third-order valence-corrected chi connectivity index (χ3v) is 4.02. The molecule has 1 aliphatic rings. The Hall–Kier alpha value is -0.680. The van der Waals surface area contributed by atoms with Crippen molar-refractivity contribution in [3.63, 3.8) is 0 Å². The van der Waals surface area contributed by atoms with Crippen LogP contribution in [0.25, 0.3) is 0 Å². The van der Waals surface area contributed by atoms with Crippen molar-refractivity contribution in [2.45, 2.75) is 44.2 Å². The fourth-order valence-electron chi connectivity index (χ4n) is 2.47. The fraction of sp³-hybridized carbons (Fsp3) is 0.571. The lowest BCUT2D eigenvalue weighted by atomic mass is 9.99. The molecule has 3 nitrogen and oxygen atoms in total. The Morgan fingerprint density at radius 3 is 3.05 bits per heavy atom. The summed E-state index contributed by atoms with van der Waals surface area (Å²) < 4.78 is 18.9. The second-order valence-corrected chi connectivity index (χ2v) is 5.37.